The van der Waals surface area contributed by atoms with E-state index in [0.29, 0.717) is 12.5 Å². The Balaban J connectivity index is 1.81. The van der Waals surface area contributed by atoms with Crippen molar-refractivity contribution in [1.82, 2.24) is 14.2 Å². The predicted octanol–water partition coefficient (Wildman–Crippen LogP) is 3.94. The fraction of sp³-hybridized carbons (Fsp3) is 0.667. The zero-order valence-corrected chi connectivity index (χ0v) is 18.1. The average molecular weight is 490 g/mol. The van der Waals surface area contributed by atoms with Gasteiger partial charge in [-0.1, -0.05) is 11.6 Å². The van der Waals surface area contributed by atoms with Gasteiger partial charge in [-0.3, -0.25) is 4.79 Å². The van der Waals surface area contributed by atoms with Gasteiger partial charge >= 0.3 is 6.18 Å². The second-order valence-corrected chi connectivity index (χ2v) is 10.0. The Hall–Kier alpha value is -1.53. The second kappa shape index (κ2) is 8.43. The summed E-state index contributed by atoms with van der Waals surface area (Å²) in [5.74, 6) is -3.30. The molecule has 13 heteroatoms. The molecule has 0 bridgehead atoms. The highest BCUT2D eigenvalue weighted by Gasteiger charge is 2.44. The number of nitrogens with zero attached hydrogens (tertiary/aromatic N) is 3. The first-order valence-electron chi connectivity index (χ1n) is 9.64. The number of carbonyl (C=O) groups excluding carboxylic acids is 1. The Morgan fingerprint density at radius 3 is 2.39 bits per heavy atom. The van der Waals surface area contributed by atoms with Gasteiger partial charge in [0.25, 0.3) is 0 Å². The van der Waals surface area contributed by atoms with Crippen molar-refractivity contribution in [3.8, 4) is 0 Å². The first-order chi connectivity index (χ1) is 14.2. The molecule has 31 heavy (non-hydrogen) atoms. The van der Waals surface area contributed by atoms with Crippen molar-refractivity contribution in [3.63, 3.8) is 0 Å². The van der Waals surface area contributed by atoms with Gasteiger partial charge in [0, 0.05) is 32.5 Å². The molecule has 2 fully saturated rings. The van der Waals surface area contributed by atoms with E-state index in [2.05, 4.69) is 4.98 Å². The number of likely N-dealkylation sites (N-methyl/N-ethyl adjacent to an activating group) is 1. The maximum absolute atomic E-state index is 13.4. The Bertz CT molecular complexity index is 947. The zero-order valence-electron chi connectivity index (χ0n) is 16.5. The molecule has 1 aliphatic heterocycles. The van der Waals surface area contributed by atoms with Gasteiger partial charge in [0.15, 0.2) is 0 Å². The summed E-state index contributed by atoms with van der Waals surface area (Å²) in [4.78, 5) is 16.8. The van der Waals surface area contributed by atoms with Crippen molar-refractivity contribution in [2.24, 2.45) is 0 Å². The van der Waals surface area contributed by atoms with Crippen LogP contribution in [0.5, 0.6) is 0 Å². The second-order valence-electron chi connectivity index (χ2n) is 7.79. The maximum Gasteiger partial charge on any atom is 0.433 e. The molecule has 0 spiro atoms. The lowest BCUT2D eigenvalue weighted by atomic mass is 9.91. The van der Waals surface area contributed by atoms with E-state index < -0.39 is 55.9 Å². The van der Waals surface area contributed by atoms with E-state index in [4.69, 9.17) is 11.6 Å². The van der Waals surface area contributed by atoms with Crippen LogP contribution in [0.3, 0.4) is 0 Å². The zero-order chi connectivity index (χ0) is 23.2. The first kappa shape index (κ1) is 24.1. The Kier molecular flexibility index (Phi) is 6.56. The van der Waals surface area contributed by atoms with Crippen LogP contribution in [0.2, 0.25) is 5.15 Å². The third-order valence-electron chi connectivity index (χ3n) is 5.76. The summed E-state index contributed by atoms with van der Waals surface area (Å²) in [5, 5.41) is -0.837. The van der Waals surface area contributed by atoms with Crippen molar-refractivity contribution in [1.29, 1.82) is 0 Å². The topological polar surface area (TPSA) is 70.6 Å². The van der Waals surface area contributed by atoms with Crippen LogP contribution >= 0.6 is 11.6 Å². The lowest BCUT2D eigenvalue weighted by Crippen LogP contribution is -2.50. The van der Waals surface area contributed by atoms with Crippen LogP contribution in [0.15, 0.2) is 17.0 Å². The number of alkyl halides is 5. The molecule has 0 N–H and O–H groups in total. The van der Waals surface area contributed by atoms with Crippen LogP contribution in [0.4, 0.5) is 22.0 Å². The van der Waals surface area contributed by atoms with Crippen LogP contribution in [0.25, 0.3) is 0 Å². The number of hydrogen-bond donors (Lipinski definition) is 0. The largest absolute Gasteiger partial charge is 0.433 e. The van der Waals surface area contributed by atoms with E-state index in [-0.39, 0.29) is 38.6 Å². The van der Waals surface area contributed by atoms with Gasteiger partial charge in [-0.2, -0.15) is 17.5 Å². The van der Waals surface area contributed by atoms with Crippen LogP contribution in [-0.2, 0) is 21.0 Å². The molecule has 174 valence electrons. The molecule has 1 aliphatic carbocycles. The maximum atomic E-state index is 13.4. The van der Waals surface area contributed by atoms with E-state index in [1.54, 1.807) is 0 Å². The third kappa shape index (κ3) is 4.95. The van der Waals surface area contributed by atoms with E-state index in [9.17, 15) is 35.2 Å². The number of hydrogen-bond acceptors (Lipinski definition) is 4. The number of amides is 1. The first-order valence-corrected chi connectivity index (χ1v) is 11.5. The molecule has 1 aromatic heterocycles. The summed E-state index contributed by atoms with van der Waals surface area (Å²) in [6.07, 6.45) is -4.73. The molecular formula is C18H21ClF5N3O3S. The minimum atomic E-state index is -4.79. The highest BCUT2D eigenvalue weighted by Crippen LogP contribution is 2.37. The summed E-state index contributed by atoms with van der Waals surface area (Å²) in [5.41, 5.74) is -1.33. The molecule has 1 amide bonds. The van der Waals surface area contributed by atoms with Gasteiger partial charge in [-0.25, -0.2) is 22.2 Å². The third-order valence-corrected chi connectivity index (χ3v) is 8.10. The van der Waals surface area contributed by atoms with Crippen molar-refractivity contribution in [3.05, 3.63) is 23.0 Å². The average Bonchev–Trinajstić information content (AvgIpc) is 3.16. The Morgan fingerprint density at radius 1 is 1.23 bits per heavy atom. The molecule has 0 unspecified atom stereocenters. The van der Waals surface area contributed by atoms with Crippen LogP contribution in [0.1, 0.15) is 44.2 Å². The van der Waals surface area contributed by atoms with Gasteiger partial charge in [0.05, 0.1) is 0 Å². The predicted molar refractivity (Wildman–Crippen MR) is 101 cm³/mol. The molecule has 6 nitrogen and oxygen atoms in total. The molecular weight excluding hydrogens is 469 g/mol. The summed E-state index contributed by atoms with van der Waals surface area (Å²) in [6, 6.07) is -0.287. The number of sulfonamides is 1. The monoisotopic (exact) mass is 489 g/mol. The molecule has 1 atom stereocenters. The summed E-state index contributed by atoms with van der Waals surface area (Å²) in [7, 11) is -2.95. The lowest BCUT2D eigenvalue weighted by Gasteiger charge is -2.36. The van der Waals surface area contributed by atoms with E-state index in [0.717, 1.165) is 10.4 Å². The van der Waals surface area contributed by atoms with Gasteiger partial charge in [-0.15, -0.1) is 0 Å². The van der Waals surface area contributed by atoms with Crippen molar-refractivity contribution in [2.45, 2.75) is 67.6 Å². The number of halogens is 6. The van der Waals surface area contributed by atoms with E-state index >= 15 is 0 Å². The quantitative estimate of drug-likeness (QED) is 0.474. The van der Waals surface area contributed by atoms with Crippen LogP contribution in [0, 0.1) is 0 Å². The molecule has 0 radical (unpaired) electrons. The highest BCUT2D eigenvalue weighted by molar-refractivity contribution is 7.89. The molecule has 1 saturated carbocycles. The van der Waals surface area contributed by atoms with Crippen molar-refractivity contribution in [2.75, 3.05) is 13.6 Å². The number of carbonyl (C=O) groups is 1. The van der Waals surface area contributed by atoms with Crippen LogP contribution < -0.4 is 0 Å². The van der Waals surface area contributed by atoms with Crippen molar-refractivity contribution < 1.29 is 35.2 Å². The molecule has 1 saturated heterocycles. The minimum absolute atomic E-state index is 0.0212. The molecule has 0 aromatic carbocycles. The SMILES string of the molecule is CN(C(=O)[C@@H]1CCCN1S(=O)(=O)c1ccc(C(F)(F)F)nc1Cl)C1CCC(F)(F)CC1. The van der Waals surface area contributed by atoms with Crippen molar-refractivity contribution >= 4 is 27.5 Å². The van der Waals surface area contributed by atoms with E-state index in [1.165, 1.54) is 11.9 Å². The highest BCUT2D eigenvalue weighted by atomic mass is 35.5. The van der Waals surface area contributed by atoms with Gasteiger partial charge < -0.3 is 4.90 Å². The van der Waals surface area contributed by atoms with Crippen LogP contribution in [-0.4, -0.2) is 60.1 Å². The summed E-state index contributed by atoms with van der Waals surface area (Å²) < 4.78 is 92.3. The molecule has 3 rings (SSSR count). The van der Waals surface area contributed by atoms with Gasteiger partial charge in [-0.05, 0) is 37.8 Å². The van der Waals surface area contributed by atoms with Gasteiger partial charge in [0.2, 0.25) is 21.9 Å². The molecule has 2 aliphatic rings. The Labute approximate surface area is 181 Å². The number of pyridine rings is 1. The lowest BCUT2D eigenvalue weighted by molar-refractivity contribution is -0.141. The summed E-state index contributed by atoms with van der Waals surface area (Å²) in [6.45, 7) is -0.0212. The minimum Gasteiger partial charge on any atom is -0.341 e. The van der Waals surface area contributed by atoms with E-state index in [1.807, 2.05) is 0 Å². The number of rotatable bonds is 4. The standard InChI is InChI=1S/C18H21ClF5N3O3S/c1-26(11-6-8-17(20,21)9-7-11)16(28)12-3-2-10-27(12)31(29,30)13-4-5-14(18(22,23)24)25-15(13)19/h4-5,11-12H,2-3,6-10H2,1H3/t12-/m0/s1. The normalized spacial score (nSPS) is 23.1. The fourth-order valence-corrected chi connectivity index (χ4v) is 6.10. The number of aromatic nitrogens is 1. The Morgan fingerprint density at radius 2 is 1.84 bits per heavy atom. The molecule has 2 heterocycles. The summed E-state index contributed by atoms with van der Waals surface area (Å²) >= 11 is 5.75. The smallest absolute Gasteiger partial charge is 0.341 e. The fourth-order valence-electron chi connectivity index (χ4n) is 4.00. The van der Waals surface area contributed by atoms with Gasteiger partial charge in [0.1, 0.15) is 21.8 Å². The molecule has 1 aromatic rings.